The quantitative estimate of drug-likeness (QED) is 0.425. The van der Waals surface area contributed by atoms with Crippen molar-refractivity contribution in [1.82, 2.24) is 4.57 Å². The SMILES string of the molecule is CN(CC(=O)c1c(N(C)c2ccccc2)c2ccccc2n1C)c1ccccc1. The van der Waals surface area contributed by atoms with E-state index in [-0.39, 0.29) is 5.78 Å². The van der Waals surface area contributed by atoms with Crippen molar-refractivity contribution < 1.29 is 4.79 Å². The molecule has 29 heavy (non-hydrogen) atoms. The summed E-state index contributed by atoms with van der Waals surface area (Å²) in [5, 5.41) is 1.08. The van der Waals surface area contributed by atoms with Crippen molar-refractivity contribution in [3.05, 3.63) is 90.6 Å². The molecule has 146 valence electrons. The second-order valence-electron chi connectivity index (χ2n) is 7.28. The fraction of sp³-hybridized carbons (Fsp3) is 0.160. The van der Waals surface area contributed by atoms with E-state index in [1.165, 1.54) is 0 Å². The van der Waals surface area contributed by atoms with Gasteiger partial charge in [-0.2, -0.15) is 0 Å². The number of benzene rings is 3. The summed E-state index contributed by atoms with van der Waals surface area (Å²) in [6, 6.07) is 28.3. The summed E-state index contributed by atoms with van der Waals surface area (Å²) in [4.78, 5) is 17.6. The minimum absolute atomic E-state index is 0.0906. The first-order valence-corrected chi connectivity index (χ1v) is 9.73. The highest BCUT2D eigenvalue weighted by molar-refractivity contribution is 6.12. The lowest BCUT2D eigenvalue weighted by Gasteiger charge is -2.23. The van der Waals surface area contributed by atoms with Gasteiger partial charge in [-0.3, -0.25) is 4.79 Å². The number of aromatic nitrogens is 1. The summed E-state index contributed by atoms with van der Waals surface area (Å²) in [6.07, 6.45) is 0. The fourth-order valence-electron chi connectivity index (χ4n) is 3.88. The average molecular weight is 383 g/mol. The van der Waals surface area contributed by atoms with E-state index >= 15 is 0 Å². The summed E-state index contributed by atoms with van der Waals surface area (Å²) >= 11 is 0. The second kappa shape index (κ2) is 7.84. The van der Waals surface area contributed by atoms with Crippen LogP contribution in [-0.2, 0) is 7.05 Å². The zero-order chi connectivity index (χ0) is 20.4. The van der Waals surface area contributed by atoms with Gasteiger partial charge in [0.05, 0.1) is 17.7 Å². The van der Waals surface area contributed by atoms with Crippen molar-refractivity contribution in [1.29, 1.82) is 0 Å². The molecule has 3 aromatic carbocycles. The Bertz CT molecular complexity index is 1130. The van der Waals surface area contributed by atoms with Crippen molar-refractivity contribution in [2.45, 2.75) is 0 Å². The summed E-state index contributed by atoms with van der Waals surface area (Å²) in [5.74, 6) is 0.0906. The van der Waals surface area contributed by atoms with Gasteiger partial charge in [-0.25, -0.2) is 0 Å². The predicted molar refractivity (Wildman–Crippen MR) is 121 cm³/mol. The summed E-state index contributed by atoms with van der Waals surface area (Å²) < 4.78 is 2.02. The molecule has 0 fully saturated rings. The monoisotopic (exact) mass is 383 g/mol. The second-order valence-corrected chi connectivity index (χ2v) is 7.28. The number of ketones is 1. The topological polar surface area (TPSA) is 28.5 Å². The van der Waals surface area contributed by atoms with Gasteiger partial charge in [0.25, 0.3) is 0 Å². The number of carbonyl (C=O) groups excluding carboxylic acids is 1. The molecule has 4 rings (SSSR count). The van der Waals surface area contributed by atoms with E-state index in [9.17, 15) is 4.79 Å². The third kappa shape index (κ3) is 3.49. The summed E-state index contributed by atoms with van der Waals surface area (Å²) in [6.45, 7) is 0.309. The molecule has 4 nitrogen and oxygen atoms in total. The lowest BCUT2D eigenvalue weighted by atomic mass is 10.1. The third-order valence-electron chi connectivity index (χ3n) is 5.40. The zero-order valence-corrected chi connectivity index (χ0v) is 17.0. The van der Waals surface area contributed by atoms with Gasteiger partial charge in [0.15, 0.2) is 0 Å². The van der Waals surface area contributed by atoms with Gasteiger partial charge >= 0.3 is 0 Å². The van der Waals surface area contributed by atoms with Gasteiger partial charge < -0.3 is 14.4 Å². The summed E-state index contributed by atoms with van der Waals surface area (Å²) in [7, 11) is 5.95. The summed E-state index contributed by atoms with van der Waals surface area (Å²) in [5.41, 5.74) is 4.80. The molecule has 0 saturated heterocycles. The molecule has 0 aliphatic carbocycles. The Morgan fingerprint density at radius 2 is 1.34 bits per heavy atom. The molecule has 0 spiro atoms. The van der Waals surface area contributed by atoms with E-state index in [0.29, 0.717) is 6.54 Å². The number of hydrogen-bond donors (Lipinski definition) is 0. The molecule has 0 aliphatic rings. The molecule has 0 N–H and O–H groups in total. The van der Waals surface area contributed by atoms with Gasteiger partial charge in [-0.05, 0) is 30.3 Å². The molecule has 1 heterocycles. The van der Waals surface area contributed by atoms with Crippen LogP contribution in [0.15, 0.2) is 84.9 Å². The highest BCUT2D eigenvalue weighted by atomic mass is 16.1. The standard InChI is InChI=1S/C25H25N3O/c1-26(19-12-6-4-7-13-19)18-23(29)25-24(27(2)20-14-8-5-9-15-20)21-16-10-11-17-22(21)28(25)3/h4-17H,18H2,1-3H3. The molecule has 4 aromatic rings. The van der Waals surface area contributed by atoms with Crippen molar-refractivity contribution in [3.8, 4) is 0 Å². The molecule has 1 aromatic heterocycles. The van der Waals surface area contributed by atoms with Crippen LogP contribution in [0, 0.1) is 0 Å². The molecular formula is C25H25N3O. The van der Waals surface area contributed by atoms with Crippen LogP contribution in [0.3, 0.4) is 0 Å². The molecule has 4 heteroatoms. The van der Waals surface area contributed by atoms with Gasteiger partial charge in [-0.1, -0.05) is 54.6 Å². The number of likely N-dealkylation sites (N-methyl/N-ethyl adjacent to an activating group) is 1. The van der Waals surface area contributed by atoms with Gasteiger partial charge in [-0.15, -0.1) is 0 Å². The largest absolute Gasteiger partial charge is 0.367 e. The molecule has 0 radical (unpaired) electrons. The van der Waals surface area contributed by atoms with Crippen molar-refractivity contribution in [2.24, 2.45) is 7.05 Å². The number of nitrogens with zero attached hydrogens (tertiary/aromatic N) is 3. The normalized spacial score (nSPS) is 10.9. The maximum absolute atomic E-state index is 13.5. The highest BCUT2D eigenvalue weighted by Gasteiger charge is 2.25. The minimum Gasteiger partial charge on any atom is -0.367 e. The fourth-order valence-corrected chi connectivity index (χ4v) is 3.88. The van der Waals surface area contributed by atoms with Crippen LogP contribution in [0.25, 0.3) is 10.9 Å². The van der Waals surface area contributed by atoms with E-state index in [4.69, 9.17) is 0 Å². The Labute approximate surface area is 171 Å². The first-order valence-electron chi connectivity index (χ1n) is 9.73. The Morgan fingerprint density at radius 1 is 0.793 bits per heavy atom. The van der Waals surface area contributed by atoms with Gasteiger partial charge in [0, 0.05) is 37.9 Å². The molecule has 0 amide bonds. The number of anilines is 3. The maximum atomic E-state index is 13.5. The smallest absolute Gasteiger partial charge is 0.200 e. The van der Waals surface area contributed by atoms with E-state index in [1.54, 1.807) is 0 Å². The molecule has 0 aliphatic heterocycles. The van der Waals surface area contributed by atoms with E-state index in [2.05, 4.69) is 29.2 Å². The maximum Gasteiger partial charge on any atom is 0.200 e. The highest BCUT2D eigenvalue weighted by Crippen LogP contribution is 2.37. The van der Waals surface area contributed by atoms with Gasteiger partial charge in [0.2, 0.25) is 5.78 Å². The molecule has 0 saturated carbocycles. The number of carbonyl (C=O) groups is 1. The lowest BCUT2D eigenvalue weighted by molar-refractivity contribution is 0.0993. The molecule has 0 atom stereocenters. The van der Waals surface area contributed by atoms with Crippen LogP contribution < -0.4 is 9.80 Å². The number of hydrogen-bond acceptors (Lipinski definition) is 3. The van der Waals surface area contributed by atoms with E-state index in [0.717, 1.165) is 33.7 Å². The average Bonchev–Trinajstić information content (AvgIpc) is 3.07. The van der Waals surface area contributed by atoms with E-state index < -0.39 is 0 Å². The van der Waals surface area contributed by atoms with Crippen LogP contribution in [0.4, 0.5) is 17.1 Å². The lowest BCUT2D eigenvalue weighted by Crippen LogP contribution is -2.28. The molecule has 0 bridgehead atoms. The van der Waals surface area contributed by atoms with E-state index in [1.807, 2.05) is 91.3 Å². The predicted octanol–water partition coefficient (Wildman–Crippen LogP) is 5.27. The first kappa shape index (κ1) is 18.8. The Balaban J connectivity index is 1.79. The minimum atomic E-state index is 0.0906. The van der Waals surface area contributed by atoms with Gasteiger partial charge in [0.1, 0.15) is 5.69 Å². The third-order valence-corrected chi connectivity index (χ3v) is 5.40. The van der Waals surface area contributed by atoms with Crippen molar-refractivity contribution in [3.63, 3.8) is 0 Å². The number of para-hydroxylation sites is 3. The van der Waals surface area contributed by atoms with Crippen molar-refractivity contribution >= 4 is 33.7 Å². The number of fused-ring (bicyclic) bond motifs is 1. The number of rotatable bonds is 6. The van der Waals surface area contributed by atoms with Crippen molar-refractivity contribution in [2.75, 3.05) is 30.4 Å². The van der Waals surface area contributed by atoms with Crippen LogP contribution in [0.1, 0.15) is 10.5 Å². The molecule has 0 unspecified atom stereocenters. The molecular weight excluding hydrogens is 358 g/mol. The van der Waals surface area contributed by atoms with Crippen LogP contribution in [0.2, 0.25) is 0 Å². The Morgan fingerprint density at radius 3 is 2.00 bits per heavy atom. The Hall–Kier alpha value is -3.53. The number of aryl methyl sites for hydroxylation is 1. The van der Waals surface area contributed by atoms with Crippen LogP contribution in [-0.4, -0.2) is 31.0 Å². The Kier molecular flexibility index (Phi) is 5.09. The first-order chi connectivity index (χ1) is 14.1. The zero-order valence-electron chi connectivity index (χ0n) is 17.0. The number of Topliss-reactive ketones (excluding diaryl/α,β-unsaturated/α-hetero) is 1. The van der Waals surface area contributed by atoms with Crippen LogP contribution >= 0.6 is 0 Å². The van der Waals surface area contributed by atoms with Crippen LogP contribution in [0.5, 0.6) is 0 Å².